The molecule has 4 nitrogen and oxygen atoms in total. The van der Waals surface area contributed by atoms with Gasteiger partial charge >= 0.3 is 0 Å². The van der Waals surface area contributed by atoms with Gasteiger partial charge in [-0.15, -0.1) is 0 Å². The molecule has 1 saturated heterocycles. The third-order valence-corrected chi connectivity index (χ3v) is 3.43. The molecule has 17 heavy (non-hydrogen) atoms. The molecule has 0 aliphatic carbocycles. The number of fused-ring (bicyclic) bond motifs is 1. The number of carbonyl (C=O) groups excluding carboxylic acids is 1. The fourth-order valence-corrected chi connectivity index (χ4v) is 2.44. The fourth-order valence-electron chi connectivity index (χ4n) is 2.44. The van der Waals surface area contributed by atoms with Crippen molar-refractivity contribution < 1.29 is 9.53 Å². The van der Waals surface area contributed by atoms with Gasteiger partial charge in [-0.2, -0.15) is 0 Å². The van der Waals surface area contributed by atoms with Gasteiger partial charge in [-0.05, 0) is 18.4 Å². The van der Waals surface area contributed by atoms with Gasteiger partial charge in [0.25, 0.3) is 0 Å². The fraction of sp³-hybridized carbons (Fsp3) is 0.462. The molecule has 1 aromatic carbocycles. The minimum atomic E-state index is -0.202. The first-order valence-electron chi connectivity index (χ1n) is 6.05. The molecule has 1 fully saturated rings. The van der Waals surface area contributed by atoms with Crippen LogP contribution in [0.15, 0.2) is 24.3 Å². The summed E-state index contributed by atoms with van der Waals surface area (Å²) in [6.07, 6.45) is 1.09. The van der Waals surface area contributed by atoms with Crippen LogP contribution in [-0.2, 0) is 9.53 Å². The van der Waals surface area contributed by atoms with Crippen LogP contribution in [0, 0.1) is 5.92 Å². The van der Waals surface area contributed by atoms with Crippen LogP contribution in [0.2, 0.25) is 0 Å². The monoisotopic (exact) mass is 232 g/mol. The van der Waals surface area contributed by atoms with Gasteiger partial charge in [0.1, 0.15) is 6.04 Å². The molecule has 0 aromatic heterocycles. The molecule has 3 rings (SSSR count). The average molecular weight is 232 g/mol. The minimum Gasteiger partial charge on any atom is -0.381 e. The summed E-state index contributed by atoms with van der Waals surface area (Å²) < 4.78 is 5.33. The highest BCUT2D eigenvalue weighted by Gasteiger charge is 2.30. The number of ether oxygens (including phenoxy) is 1. The Balaban J connectivity index is 1.68. The van der Waals surface area contributed by atoms with Gasteiger partial charge in [-0.3, -0.25) is 4.79 Å². The maximum absolute atomic E-state index is 11.8. The second-order valence-corrected chi connectivity index (χ2v) is 4.65. The molecule has 2 aliphatic rings. The van der Waals surface area contributed by atoms with E-state index in [2.05, 4.69) is 10.6 Å². The van der Waals surface area contributed by atoms with Gasteiger partial charge in [0.05, 0.1) is 6.61 Å². The van der Waals surface area contributed by atoms with E-state index in [1.165, 1.54) is 0 Å². The number of hydrogen-bond donors (Lipinski definition) is 2. The summed E-state index contributed by atoms with van der Waals surface area (Å²) in [5.41, 5.74) is 1.98. The summed E-state index contributed by atoms with van der Waals surface area (Å²) in [5.74, 6) is 0.584. The lowest BCUT2D eigenvalue weighted by atomic mass is 10.1. The molecular formula is C13H16N2O2. The van der Waals surface area contributed by atoms with E-state index in [-0.39, 0.29) is 11.9 Å². The summed E-state index contributed by atoms with van der Waals surface area (Å²) in [6, 6.07) is 7.63. The third-order valence-electron chi connectivity index (χ3n) is 3.43. The van der Waals surface area contributed by atoms with Gasteiger partial charge in [-0.1, -0.05) is 18.2 Å². The Bertz CT molecular complexity index is 427. The van der Waals surface area contributed by atoms with Crippen LogP contribution >= 0.6 is 0 Å². The normalized spacial score (nSPS) is 26.9. The predicted octanol–water partition coefficient (Wildman–Crippen LogP) is 1.31. The lowest BCUT2D eigenvalue weighted by Gasteiger charge is -2.14. The Labute approximate surface area is 100 Å². The maximum Gasteiger partial charge on any atom is 0.246 e. The molecule has 1 aromatic rings. The van der Waals surface area contributed by atoms with Crippen molar-refractivity contribution in [2.45, 2.75) is 12.5 Å². The van der Waals surface area contributed by atoms with E-state index >= 15 is 0 Å². The van der Waals surface area contributed by atoms with Crippen LogP contribution in [0.25, 0.3) is 0 Å². The Hall–Kier alpha value is -1.39. The molecule has 2 heterocycles. The molecule has 2 aliphatic heterocycles. The summed E-state index contributed by atoms with van der Waals surface area (Å²) in [7, 11) is 0. The first-order chi connectivity index (χ1) is 8.34. The summed E-state index contributed by atoms with van der Waals surface area (Å²) in [4.78, 5) is 11.8. The van der Waals surface area contributed by atoms with Crippen LogP contribution in [0.3, 0.4) is 0 Å². The minimum absolute atomic E-state index is 0.0464. The van der Waals surface area contributed by atoms with Crippen LogP contribution in [-0.4, -0.2) is 25.7 Å². The van der Waals surface area contributed by atoms with Gasteiger partial charge in [-0.25, -0.2) is 0 Å². The third kappa shape index (κ3) is 2.06. The Kier molecular flexibility index (Phi) is 2.82. The van der Waals surface area contributed by atoms with Crippen molar-refractivity contribution in [1.82, 2.24) is 5.32 Å². The van der Waals surface area contributed by atoms with Crippen LogP contribution in [0.4, 0.5) is 5.69 Å². The van der Waals surface area contributed by atoms with Crippen molar-refractivity contribution in [3.05, 3.63) is 29.8 Å². The van der Waals surface area contributed by atoms with Gasteiger partial charge in [0, 0.05) is 24.4 Å². The van der Waals surface area contributed by atoms with E-state index < -0.39 is 0 Å². The van der Waals surface area contributed by atoms with Crippen LogP contribution in [0.5, 0.6) is 0 Å². The zero-order valence-electron chi connectivity index (χ0n) is 9.61. The van der Waals surface area contributed by atoms with Crippen LogP contribution in [0.1, 0.15) is 18.0 Å². The number of anilines is 1. The van der Waals surface area contributed by atoms with E-state index in [1.54, 1.807) is 0 Å². The molecule has 0 saturated carbocycles. The highest BCUT2D eigenvalue weighted by Crippen LogP contribution is 2.30. The average Bonchev–Trinajstić information content (AvgIpc) is 2.93. The van der Waals surface area contributed by atoms with E-state index in [0.29, 0.717) is 5.92 Å². The molecule has 1 amide bonds. The Morgan fingerprint density at radius 1 is 1.41 bits per heavy atom. The van der Waals surface area contributed by atoms with E-state index in [9.17, 15) is 4.79 Å². The summed E-state index contributed by atoms with van der Waals surface area (Å²) >= 11 is 0. The molecular weight excluding hydrogens is 216 g/mol. The largest absolute Gasteiger partial charge is 0.381 e. The van der Waals surface area contributed by atoms with E-state index in [0.717, 1.165) is 37.4 Å². The van der Waals surface area contributed by atoms with Crippen molar-refractivity contribution in [3.63, 3.8) is 0 Å². The van der Waals surface area contributed by atoms with Crippen molar-refractivity contribution in [1.29, 1.82) is 0 Å². The Morgan fingerprint density at radius 3 is 3.12 bits per heavy atom. The maximum atomic E-state index is 11.8. The smallest absolute Gasteiger partial charge is 0.246 e. The number of amides is 1. The van der Waals surface area contributed by atoms with Gasteiger partial charge in [0.15, 0.2) is 0 Å². The Morgan fingerprint density at radius 2 is 2.29 bits per heavy atom. The first kappa shape index (κ1) is 10.7. The van der Waals surface area contributed by atoms with Crippen LogP contribution < -0.4 is 10.6 Å². The van der Waals surface area contributed by atoms with E-state index in [1.807, 2.05) is 24.3 Å². The molecule has 90 valence electrons. The number of nitrogens with one attached hydrogen (secondary N) is 2. The number of rotatable bonds is 3. The number of para-hydroxylation sites is 1. The molecule has 4 heteroatoms. The second kappa shape index (κ2) is 4.47. The molecule has 2 N–H and O–H groups in total. The zero-order chi connectivity index (χ0) is 11.7. The number of benzene rings is 1. The predicted molar refractivity (Wildman–Crippen MR) is 64.7 cm³/mol. The van der Waals surface area contributed by atoms with Gasteiger partial charge in [0.2, 0.25) is 5.91 Å². The first-order valence-corrected chi connectivity index (χ1v) is 6.05. The lowest BCUT2D eigenvalue weighted by Crippen LogP contribution is -2.31. The summed E-state index contributed by atoms with van der Waals surface area (Å²) in [6.45, 7) is 2.50. The lowest BCUT2D eigenvalue weighted by molar-refractivity contribution is -0.117. The highest BCUT2D eigenvalue weighted by atomic mass is 16.5. The molecule has 0 radical (unpaired) electrons. The van der Waals surface area contributed by atoms with E-state index in [4.69, 9.17) is 4.74 Å². The topological polar surface area (TPSA) is 50.4 Å². The molecule has 2 unspecified atom stereocenters. The van der Waals surface area contributed by atoms with Crippen molar-refractivity contribution in [2.75, 3.05) is 25.1 Å². The van der Waals surface area contributed by atoms with Gasteiger partial charge < -0.3 is 15.4 Å². The quantitative estimate of drug-likeness (QED) is 0.826. The standard InChI is InChI=1S/C13H16N2O2/c16-13-12(14-7-9-5-6-17-8-9)10-3-1-2-4-11(10)15-13/h1-4,9,12,14H,5-8H2,(H,15,16). The molecule has 0 spiro atoms. The number of hydrogen-bond acceptors (Lipinski definition) is 3. The van der Waals surface area contributed by atoms with Crippen molar-refractivity contribution in [2.24, 2.45) is 5.92 Å². The summed E-state index contributed by atoms with van der Waals surface area (Å²) in [5, 5.41) is 6.23. The molecule has 0 bridgehead atoms. The number of carbonyl (C=O) groups is 1. The highest BCUT2D eigenvalue weighted by molar-refractivity contribution is 6.02. The van der Waals surface area contributed by atoms with Crippen molar-refractivity contribution >= 4 is 11.6 Å². The second-order valence-electron chi connectivity index (χ2n) is 4.65. The molecule has 2 atom stereocenters. The van der Waals surface area contributed by atoms with Crippen molar-refractivity contribution in [3.8, 4) is 0 Å². The zero-order valence-corrected chi connectivity index (χ0v) is 9.61. The SMILES string of the molecule is O=C1Nc2ccccc2C1NCC1CCOC1.